The minimum Gasteiger partial charge on any atom is -0.361 e. The average molecular weight is 322 g/mol. The maximum absolute atomic E-state index is 12.3. The van der Waals surface area contributed by atoms with Gasteiger partial charge in [0.25, 0.3) is 0 Å². The molecule has 5 heteroatoms. The van der Waals surface area contributed by atoms with Gasteiger partial charge in [-0.2, -0.15) is 0 Å². The van der Waals surface area contributed by atoms with Gasteiger partial charge in [0.15, 0.2) is 0 Å². The standard InChI is InChI=1S/C14H16BrN3O/c15-11-2-1-3-12-14(11)10(9-17-12)8-13(19)18-6-4-16-5-7-18/h1-3,9,16-17H,4-8H2. The van der Waals surface area contributed by atoms with E-state index < -0.39 is 0 Å². The van der Waals surface area contributed by atoms with E-state index in [9.17, 15) is 4.79 Å². The molecule has 0 atom stereocenters. The number of fused-ring (bicyclic) bond motifs is 1. The maximum Gasteiger partial charge on any atom is 0.227 e. The van der Waals surface area contributed by atoms with E-state index in [-0.39, 0.29) is 5.91 Å². The van der Waals surface area contributed by atoms with Gasteiger partial charge in [0.2, 0.25) is 5.91 Å². The summed E-state index contributed by atoms with van der Waals surface area (Å²) in [5.41, 5.74) is 2.13. The third-order valence-corrected chi connectivity index (χ3v) is 4.21. The molecule has 1 aromatic heterocycles. The second-order valence-corrected chi connectivity index (χ2v) is 5.64. The van der Waals surface area contributed by atoms with Gasteiger partial charge in [-0.1, -0.05) is 22.0 Å². The minimum atomic E-state index is 0.207. The predicted octanol–water partition coefficient (Wildman–Crippen LogP) is 1.90. The van der Waals surface area contributed by atoms with E-state index in [0.29, 0.717) is 6.42 Å². The van der Waals surface area contributed by atoms with Crippen LogP contribution in [0, 0.1) is 0 Å². The summed E-state index contributed by atoms with van der Waals surface area (Å²) in [5.74, 6) is 0.207. The number of H-pyrrole nitrogens is 1. The van der Waals surface area contributed by atoms with Crippen molar-refractivity contribution in [3.8, 4) is 0 Å². The molecule has 1 aliphatic heterocycles. The number of carbonyl (C=O) groups excluding carboxylic acids is 1. The second kappa shape index (κ2) is 5.35. The zero-order valence-corrected chi connectivity index (χ0v) is 12.2. The topological polar surface area (TPSA) is 48.1 Å². The number of amides is 1. The van der Waals surface area contributed by atoms with Crippen LogP contribution in [0.3, 0.4) is 0 Å². The molecule has 1 fully saturated rings. The Morgan fingerprint density at radius 3 is 2.89 bits per heavy atom. The number of hydrogen-bond donors (Lipinski definition) is 2. The van der Waals surface area contributed by atoms with E-state index in [1.165, 1.54) is 0 Å². The molecule has 0 bridgehead atoms. The van der Waals surface area contributed by atoms with E-state index in [1.807, 2.05) is 29.3 Å². The molecule has 1 aromatic carbocycles. The molecule has 2 N–H and O–H groups in total. The Morgan fingerprint density at radius 2 is 2.11 bits per heavy atom. The first kappa shape index (κ1) is 12.7. The Labute approximate surface area is 120 Å². The number of aromatic amines is 1. The van der Waals surface area contributed by atoms with Crippen LogP contribution in [0.5, 0.6) is 0 Å². The van der Waals surface area contributed by atoms with Crippen LogP contribution >= 0.6 is 15.9 Å². The molecule has 0 unspecified atom stereocenters. The van der Waals surface area contributed by atoms with Gasteiger partial charge in [-0.25, -0.2) is 0 Å². The highest BCUT2D eigenvalue weighted by molar-refractivity contribution is 9.10. The van der Waals surface area contributed by atoms with Gasteiger partial charge in [0.05, 0.1) is 6.42 Å². The van der Waals surface area contributed by atoms with Crippen LogP contribution in [0.15, 0.2) is 28.9 Å². The van der Waals surface area contributed by atoms with Crippen molar-refractivity contribution >= 4 is 32.7 Å². The zero-order chi connectivity index (χ0) is 13.2. The maximum atomic E-state index is 12.3. The molecule has 0 spiro atoms. The summed E-state index contributed by atoms with van der Waals surface area (Å²) < 4.78 is 1.04. The van der Waals surface area contributed by atoms with Crippen LogP contribution in [-0.2, 0) is 11.2 Å². The van der Waals surface area contributed by atoms with Crippen LogP contribution in [0.1, 0.15) is 5.56 Å². The molecular formula is C14H16BrN3O. The summed E-state index contributed by atoms with van der Waals surface area (Å²) in [6.45, 7) is 3.40. The molecule has 1 saturated heterocycles. The van der Waals surface area contributed by atoms with E-state index in [1.54, 1.807) is 0 Å². The summed E-state index contributed by atoms with van der Waals surface area (Å²) >= 11 is 3.56. The fraction of sp³-hybridized carbons (Fsp3) is 0.357. The second-order valence-electron chi connectivity index (χ2n) is 4.78. The first-order valence-corrected chi connectivity index (χ1v) is 7.28. The SMILES string of the molecule is O=C(Cc1c[nH]c2cccc(Br)c12)N1CCNCC1. The van der Waals surface area contributed by atoms with Crippen LogP contribution in [0.2, 0.25) is 0 Å². The average Bonchev–Trinajstić information content (AvgIpc) is 2.84. The van der Waals surface area contributed by atoms with Crippen molar-refractivity contribution in [3.63, 3.8) is 0 Å². The molecule has 2 heterocycles. The summed E-state index contributed by atoms with van der Waals surface area (Å²) in [4.78, 5) is 17.5. The van der Waals surface area contributed by atoms with Gasteiger partial charge in [-0.15, -0.1) is 0 Å². The van der Waals surface area contributed by atoms with Crippen LogP contribution in [-0.4, -0.2) is 42.0 Å². The molecule has 0 aliphatic carbocycles. The molecule has 2 aromatic rings. The lowest BCUT2D eigenvalue weighted by Gasteiger charge is -2.27. The third-order valence-electron chi connectivity index (χ3n) is 3.55. The largest absolute Gasteiger partial charge is 0.361 e. The summed E-state index contributed by atoms with van der Waals surface area (Å²) in [5, 5.41) is 4.38. The lowest BCUT2D eigenvalue weighted by atomic mass is 10.1. The fourth-order valence-corrected chi connectivity index (χ4v) is 3.16. The Kier molecular flexibility index (Phi) is 3.57. The number of nitrogens with zero attached hydrogens (tertiary/aromatic N) is 1. The van der Waals surface area contributed by atoms with Gasteiger partial charge in [-0.3, -0.25) is 4.79 Å². The summed E-state index contributed by atoms with van der Waals surface area (Å²) in [6, 6.07) is 6.03. The van der Waals surface area contributed by atoms with E-state index in [0.717, 1.165) is 47.1 Å². The van der Waals surface area contributed by atoms with Crippen molar-refractivity contribution in [1.82, 2.24) is 15.2 Å². The predicted molar refractivity (Wildman–Crippen MR) is 79.2 cm³/mol. The van der Waals surface area contributed by atoms with Crippen molar-refractivity contribution in [2.24, 2.45) is 0 Å². The molecule has 4 nitrogen and oxygen atoms in total. The highest BCUT2D eigenvalue weighted by Gasteiger charge is 2.18. The number of carbonyl (C=O) groups is 1. The number of aromatic nitrogens is 1. The van der Waals surface area contributed by atoms with Crippen molar-refractivity contribution in [1.29, 1.82) is 0 Å². The number of halogens is 1. The number of piperazine rings is 1. The highest BCUT2D eigenvalue weighted by Crippen LogP contribution is 2.27. The van der Waals surface area contributed by atoms with Gasteiger partial charge in [0, 0.05) is 47.8 Å². The van der Waals surface area contributed by atoms with Crippen molar-refractivity contribution < 1.29 is 4.79 Å². The molecule has 1 aliphatic rings. The molecule has 0 radical (unpaired) electrons. The first-order chi connectivity index (χ1) is 9.25. The third kappa shape index (κ3) is 2.53. The van der Waals surface area contributed by atoms with Crippen LogP contribution < -0.4 is 5.32 Å². The molecule has 19 heavy (non-hydrogen) atoms. The first-order valence-electron chi connectivity index (χ1n) is 6.48. The van der Waals surface area contributed by atoms with Gasteiger partial charge >= 0.3 is 0 Å². The van der Waals surface area contributed by atoms with Crippen molar-refractivity contribution in [3.05, 3.63) is 34.4 Å². The van der Waals surface area contributed by atoms with E-state index in [2.05, 4.69) is 26.2 Å². The number of benzene rings is 1. The highest BCUT2D eigenvalue weighted by atomic mass is 79.9. The molecule has 1 amide bonds. The Morgan fingerprint density at radius 1 is 1.32 bits per heavy atom. The molecular weight excluding hydrogens is 306 g/mol. The monoisotopic (exact) mass is 321 g/mol. The Hall–Kier alpha value is -1.33. The fourth-order valence-electron chi connectivity index (χ4n) is 2.54. The summed E-state index contributed by atoms with van der Waals surface area (Å²) in [7, 11) is 0. The smallest absolute Gasteiger partial charge is 0.227 e. The lowest BCUT2D eigenvalue weighted by molar-refractivity contribution is -0.131. The molecule has 100 valence electrons. The normalized spacial score (nSPS) is 15.9. The van der Waals surface area contributed by atoms with Gasteiger partial charge in [0.1, 0.15) is 0 Å². The van der Waals surface area contributed by atoms with Crippen LogP contribution in [0.4, 0.5) is 0 Å². The van der Waals surface area contributed by atoms with E-state index in [4.69, 9.17) is 0 Å². The molecule has 0 saturated carbocycles. The van der Waals surface area contributed by atoms with Crippen molar-refractivity contribution in [2.45, 2.75) is 6.42 Å². The van der Waals surface area contributed by atoms with E-state index >= 15 is 0 Å². The molecule has 3 rings (SSSR count). The number of rotatable bonds is 2. The zero-order valence-electron chi connectivity index (χ0n) is 10.6. The van der Waals surface area contributed by atoms with Gasteiger partial charge < -0.3 is 15.2 Å². The number of hydrogen-bond acceptors (Lipinski definition) is 2. The quantitative estimate of drug-likeness (QED) is 0.887. The lowest BCUT2D eigenvalue weighted by Crippen LogP contribution is -2.46. The van der Waals surface area contributed by atoms with Gasteiger partial charge in [-0.05, 0) is 17.7 Å². The summed E-state index contributed by atoms with van der Waals surface area (Å²) in [6.07, 6.45) is 2.40. The van der Waals surface area contributed by atoms with Crippen molar-refractivity contribution in [2.75, 3.05) is 26.2 Å². The van der Waals surface area contributed by atoms with Crippen LogP contribution in [0.25, 0.3) is 10.9 Å². The number of nitrogens with one attached hydrogen (secondary N) is 2. The Balaban J connectivity index is 1.83. The Bertz CT molecular complexity index is 602. The minimum absolute atomic E-state index is 0.207.